The SMILES string of the molecule is CCCCCC(=O)NC(=S)Nc1ccc(OCCOCC)cc1. The van der Waals surface area contributed by atoms with Crippen LogP contribution in [0.3, 0.4) is 0 Å². The van der Waals surface area contributed by atoms with E-state index in [-0.39, 0.29) is 5.91 Å². The fourth-order valence-electron chi connectivity index (χ4n) is 1.88. The Bertz CT molecular complexity index is 477. The van der Waals surface area contributed by atoms with Crippen LogP contribution in [0.1, 0.15) is 39.5 Å². The van der Waals surface area contributed by atoms with E-state index in [4.69, 9.17) is 21.7 Å². The molecule has 0 spiro atoms. The Balaban J connectivity index is 2.30. The maximum absolute atomic E-state index is 11.7. The molecule has 0 aromatic heterocycles. The number of hydrogen-bond donors (Lipinski definition) is 2. The van der Waals surface area contributed by atoms with Crippen LogP contribution in [0, 0.1) is 0 Å². The molecule has 23 heavy (non-hydrogen) atoms. The second-order valence-electron chi connectivity index (χ2n) is 5.03. The molecule has 0 aliphatic carbocycles. The minimum Gasteiger partial charge on any atom is -0.491 e. The van der Waals surface area contributed by atoms with Crippen molar-refractivity contribution in [2.45, 2.75) is 39.5 Å². The molecule has 128 valence electrons. The number of nitrogens with one attached hydrogen (secondary N) is 2. The van der Waals surface area contributed by atoms with Crippen molar-refractivity contribution >= 4 is 28.9 Å². The molecular weight excluding hydrogens is 312 g/mol. The van der Waals surface area contributed by atoms with Gasteiger partial charge in [0.1, 0.15) is 12.4 Å². The smallest absolute Gasteiger partial charge is 0.226 e. The first-order valence-corrected chi connectivity index (χ1v) is 8.48. The summed E-state index contributed by atoms with van der Waals surface area (Å²) >= 11 is 5.13. The molecule has 1 amide bonds. The van der Waals surface area contributed by atoms with Gasteiger partial charge in [0.05, 0.1) is 6.61 Å². The van der Waals surface area contributed by atoms with Gasteiger partial charge in [0, 0.05) is 18.7 Å². The molecular formula is C17H26N2O3S. The first-order valence-electron chi connectivity index (χ1n) is 8.07. The Morgan fingerprint density at radius 1 is 1.13 bits per heavy atom. The molecule has 0 fully saturated rings. The highest BCUT2D eigenvalue weighted by Crippen LogP contribution is 2.15. The van der Waals surface area contributed by atoms with Crippen molar-refractivity contribution in [3.8, 4) is 5.75 Å². The molecule has 0 aliphatic rings. The zero-order valence-electron chi connectivity index (χ0n) is 13.9. The lowest BCUT2D eigenvalue weighted by Gasteiger charge is -2.11. The number of unbranched alkanes of at least 4 members (excludes halogenated alkanes) is 2. The van der Waals surface area contributed by atoms with E-state index in [1.54, 1.807) is 0 Å². The minimum absolute atomic E-state index is 0.0492. The maximum Gasteiger partial charge on any atom is 0.226 e. The number of hydrogen-bond acceptors (Lipinski definition) is 4. The fourth-order valence-corrected chi connectivity index (χ4v) is 2.12. The summed E-state index contributed by atoms with van der Waals surface area (Å²) in [5, 5.41) is 5.99. The summed E-state index contributed by atoms with van der Waals surface area (Å²) < 4.78 is 10.7. The van der Waals surface area contributed by atoms with Gasteiger partial charge in [-0.1, -0.05) is 19.8 Å². The van der Waals surface area contributed by atoms with E-state index in [1.165, 1.54) is 0 Å². The predicted molar refractivity (Wildman–Crippen MR) is 96.9 cm³/mol. The average molecular weight is 338 g/mol. The molecule has 0 bridgehead atoms. The van der Waals surface area contributed by atoms with Crippen LogP contribution in [-0.2, 0) is 9.53 Å². The van der Waals surface area contributed by atoms with Gasteiger partial charge in [0.25, 0.3) is 0 Å². The number of anilines is 1. The molecule has 6 heteroatoms. The summed E-state index contributed by atoms with van der Waals surface area (Å²) in [6.45, 7) is 5.84. The van der Waals surface area contributed by atoms with Crippen molar-refractivity contribution < 1.29 is 14.3 Å². The van der Waals surface area contributed by atoms with E-state index in [2.05, 4.69) is 17.6 Å². The van der Waals surface area contributed by atoms with Crippen LogP contribution in [0.5, 0.6) is 5.75 Å². The number of rotatable bonds is 10. The number of thiocarbonyl (C=S) groups is 1. The fraction of sp³-hybridized carbons (Fsp3) is 0.529. The van der Waals surface area contributed by atoms with Crippen molar-refractivity contribution in [1.29, 1.82) is 0 Å². The highest BCUT2D eigenvalue weighted by molar-refractivity contribution is 7.80. The summed E-state index contributed by atoms with van der Waals surface area (Å²) in [6, 6.07) is 7.40. The molecule has 0 heterocycles. The molecule has 0 atom stereocenters. The lowest BCUT2D eigenvalue weighted by atomic mass is 10.2. The first kappa shape index (κ1) is 19.4. The zero-order chi connectivity index (χ0) is 16.9. The Hall–Kier alpha value is -1.66. The van der Waals surface area contributed by atoms with Gasteiger partial charge in [-0.15, -0.1) is 0 Å². The topological polar surface area (TPSA) is 59.6 Å². The quantitative estimate of drug-likeness (QED) is 0.505. The molecule has 0 saturated carbocycles. The minimum atomic E-state index is -0.0492. The van der Waals surface area contributed by atoms with Crippen LogP contribution < -0.4 is 15.4 Å². The van der Waals surface area contributed by atoms with E-state index in [9.17, 15) is 4.79 Å². The molecule has 0 unspecified atom stereocenters. The second-order valence-corrected chi connectivity index (χ2v) is 5.44. The van der Waals surface area contributed by atoms with Crippen molar-refractivity contribution in [2.75, 3.05) is 25.1 Å². The summed E-state index contributed by atoms with van der Waals surface area (Å²) in [7, 11) is 0. The van der Waals surface area contributed by atoms with Gasteiger partial charge in [-0.05, 0) is 49.8 Å². The van der Waals surface area contributed by atoms with Crippen LogP contribution in [-0.4, -0.2) is 30.8 Å². The molecule has 5 nitrogen and oxygen atoms in total. The Morgan fingerprint density at radius 3 is 2.52 bits per heavy atom. The number of amides is 1. The molecule has 0 saturated heterocycles. The van der Waals surface area contributed by atoms with Crippen LogP contribution in [0.25, 0.3) is 0 Å². The summed E-state index contributed by atoms with van der Waals surface area (Å²) in [6.07, 6.45) is 3.54. The van der Waals surface area contributed by atoms with Gasteiger partial charge in [-0.3, -0.25) is 4.79 Å². The normalized spacial score (nSPS) is 10.2. The number of carbonyl (C=O) groups is 1. The van der Waals surface area contributed by atoms with E-state index in [0.29, 0.717) is 31.4 Å². The lowest BCUT2D eigenvalue weighted by molar-refractivity contribution is -0.119. The maximum atomic E-state index is 11.7. The summed E-state index contributed by atoms with van der Waals surface area (Å²) in [4.78, 5) is 11.7. The molecule has 1 rings (SSSR count). The summed E-state index contributed by atoms with van der Waals surface area (Å²) in [5.74, 6) is 0.719. The second kappa shape index (κ2) is 11.8. The number of ether oxygens (including phenoxy) is 2. The monoisotopic (exact) mass is 338 g/mol. The van der Waals surface area contributed by atoms with Crippen LogP contribution in [0.15, 0.2) is 24.3 Å². The van der Waals surface area contributed by atoms with Crippen LogP contribution in [0.2, 0.25) is 0 Å². The van der Waals surface area contributed by atoms with E-state index >= 15 is 0 Å². The van der Waals surface area contributed by atoms with Crippen molar-refractivity contribution in [3.05, 3.63) is 24.3 Å². The van der Waals surface area contributed by atoms with Gasteiger partial charge >= 0.3 is 0 Å². The predicted octanol–water partition coefficient (Wildman–Crippen LogP) is 3.50. The molecule has 0 aliphatic heterocycles. The third-order valence-corrected chi connectivity index (χ3v) is 3.28. The van der Waals surface area contributed by atoms with Gasteiger partial charge in [0.15, 0.2) is 5.11 Å². The third kappa shape index (κ3) is 9.15. The third-order valence-electron chi connectivity index (χ3n) is 3.07. The number of carbonyl (C=O) groups excluding carboxylic acids is 1. The average Bonchev–Trinajstić information content (AvgIpc) is 2.53. The van der Waals surface area contributed by atoms with E-state index in [1.807, 2.05) is 31.2 Å². The lowest BCUT2D eigenvalue weighted by Crippen LogP contribution is -2.33. The van der Waals surface area contributed by atoms with Gasteiger partial charge in [0.2, 0.25) is 5.91 Å². The largest absolute Gasteiger partial charge is 0.491 e. The standard InChI is InChI=1S/C17H26N2O3S/c1-3-5-6-7-16(20)19-17(23)18-14-8-10-15(11-9-14)22-13-12-21-4-2/h8-11H,3-7,12-13H2,1-2H3,(H2,18,19,20,23). The highest BCUT2D eigenvalue weighted by Gasteiger charge is 2.04. The Labute approximate surface area is 143 Å². The summed E-state index contributed by atoms with van der Waals surface area (Å²) in [5.41, 5.74) is 0.806. The van der Waals surface area contributed by atoms with Crippen LogP contribution >= 0.6 is 12.2 Å². The van der Waals surface area contributed by atoms with Crippen molar-refractivity contribution in [1.82, 2.24) is 5.32 Å². The Morgan fingerprint density at radius 2 is 1.87 bits per heavy atom. The van der Waals surface area contributed by atoms with E-state index in [0.717, 1.165) is 30.7 Å². The number of benzene rings is 1. The van der Waals surface area contributed by atoms with Gasteiger partial charge < -0.3 is 20.1 Å². The Kier molecular flexibility index (Phi) is 9.99. The molecule has 1 aromatic carbocycles. The molecule has 1 aromatic rings. The molecule has 2 N–H and O–H groups in total. The van der Waals surface area contributed by atoms with Crippen LogP contribution in [0.4, 0.5) is 5.69 Å². The van der Waals surface area contributed by atoms with Crippen molar-refractivity contribution in [2.24, 2.45) is 0 Å². The highest BCUT2D eigenvalue weighted by atomic mass is 32.1. The van der Waals surface area contributed by atoms with Gasteiger partial charge in [-0.2, -0.15) is 0 Å². The van der Waals surface area contributed by atoms with Gasteiger partial charge in [-0.25, -0.2) is 0 Å². The van der Waals surface area contributed by atoms with E-state index < -0.39 is 0 Å². The zero-order valence-corrected chi connectivity index (χ0v) is 14.7. The van der Waals surface area contributed by atoms with Crippen molar-refractivity contribution in [3.63, 3.8) is 0 Å². The molecule has 0 radical (unpaired) electrons. The first-order chi connectivity index (χ1) is 11.2.